The van der Waals surface area contributed by atoms with E-state index < -0.39 is 11.9 Å². The lowest BCUT2D eigenvalue weighted by molar-refractivity contribution is -0.129. The predicted molar refractivity (Wildman–Crippen MR) is 113 cm³/mol. The van der Waals surface area contributed by atoms with Crippen molar-refractivity contribution in [3.63, 3.8) is 0 Å². The third-order valence-electron chi connectivity index (χ3n) is 4.74. The van der Waals surface area contributed by atoms with Gasteiger partial charge in [-0.15, -0.1) is 0 Å². The SMILES string of the molecule is C[C@@H](NC(=O)CCC(=O)N[C@@H](CCCc1ccccc1)C(N)=O)c1ccccc1. The maximum Gasteiger partial charge on any atom is 0.239 e. The Bertz CT molecular complexity index is 794. The van der Waals surface area contributed by atoms with Crippen LogP contribution in [0.25, 0.3) is 0 Å². The van der Waals surface area contributed by atoms with Crippen LogP contribution in [0.4, 0.5) is 0 Å². The van der Waals surface area contributed by atoms with Gasteiger partial charge in [-0.25, -0.2) is 0 Å². The Hall–Kier alpha value is -3.15. The molecule has 0 aliphatic rings. The lowest BCUT2D eigenvalue weighted by atomic mass is 10.0. The number of nitrogens with one attached hydrogen (secondary N) is 2. The number of nitrogens with two attached hydrogens (primary N) is 1. The van der Waals surface area contributed by atoms with Crippen molar-refractivity contribution in [1.82, 2.24) is 10.6 Å². The number of carbonyl (C=O) groups excluding carboxylic acids is 3. The average molecular weight is 396 g/mol. The zero-order valence-electron chi connectivity index (χ0n) is 16.8. The molecule has 0 saturated heterocycles. The van der Waals surface area contributed by atoms with Crippen molar-refractivity contribution >= 4 is 17.7 Å². The zero-order chi connectivity index (χ0) is 21.1. The molecular formula is C23H29N3O3. The standard InChI is InChI=1S/C23H29N3O3/c1-17(19-12-6-3-7-13-19)25-21(27)15-16-22(28)26-20(23(24)29)14-8-11-18-9-4-2-5-10-18/h2-7,9-10,12-13,17,20H,8,11,14-16H2,1H3,(H2,24,29)(H,25,27)(H,26,28)/t17-,20+/m1/s1. The number of hydrogen-bond donors (Lipinski definition) is 3. The summed E-state index contributed by atoms with van der Waals surface area (Å²) in [5.74, 6) is -1.12. The number of aryl methyl sites for hydroxylation is 1. The number of carbonyl (C=O) groups is 3. The Morgan fingerprint density at radius 3 is 2.00 bits per heavy atom. The van der Waals surface area contributed by atoms with Crippen LogP contribution in [0.5, 0.6) is 0 Å². The molecule has 0 unspecified atom stereocenters. The lowest BCUT2D eigenvalue weighted by Gasteiger charge is -2.16. The molecule has 0 fully saturated rings. The van der Waals surface area contributed by atoms with Gasteiger partial charge in [-0.1, -0.05) is 60.7 Å². The van der Waals surface area contributed by atoms with Gasteiger partial charge in [0.05, 0.1) is 6.04 Å². The van der Waals surface area contributed by atoms with Crippen molar-refractivity contribution in [2.75, 3.05) is 0 Å². The van der Waals surface area contributed by atoms with Crippen LogP contribution in [0.2, 0.25) is 0 Å². The van der Waals surface area contributed by atoms with E-state index in [-0.39, 0.29) is 30.7 Å². The van der Waals surface area contributed by atoms with Crippen LogP contribution in [0.15, 0.2) is 60.7 Å². The van der Waals surface area contributed by atoms with E-state index in [1.165, 1.54) is 5.56 Å². The van der Waals surface area contributed by atoms with Gasteiger partial charge in [-0.3, -0.25) is 14.4 Å². The van der Waals surface area contributed by atoms with Gasteiger partial charge in [0, 0.05) is 12.8 Å². The van der Waals surface area contributed by atoms with Crippen molar-refractivity contribution < 1.29 is 14.4 Å². The van der Waals surface area contributed by atoms with Crippen LogP contribution >= 0.6 is 0 Å². The van der Waals surface area contributed by atoms with Crippen molar-refractivity contribution in [1.29, 1.82) is 0 Å². The van der Waals surface area contributed by atoms with Gasteiger partial charge in [0.15, 0.2) is 0 Å². The molecule has 4 N–H and O–H groups in total. The molecule has 0 radical (unpaired) electrons. The molecule has 0 aliphatic heterocycles. The Balaban J connectivity index is 1.72. The highest BCUT2D eigenvalue weighted by Gasteiger charge is 2.18. The van der Waals surface area contributed by atoms with E-state index in [4.69, 9.17) is 5.73 Å². The second kappa shape index (κ2) is 11.6. The van der Waals surface area contributed by atoms with Gasteiger partial charge in [0.25, 0.3) is 0 Å². The summed E-state index contributed by atoms with van der Waals surface area (Å²) in [6, 6.07) is 18.7. The largest absolute Gasteiger partial charge is 0.368 e. The fraction of sp³-hybridized carbons (Fsp3) is 0.348. The molecule has 2 aromatic carbocycles. The summed E-state index contributed by atoms with van der Waals surface area (Å²) in [5, 5.41) is 5.52. The van der Waals surface area contributed by atoms with Gasteiger partial charge in [0.2, 0.25) is 17.7 Å². The number of benzene rings is 2. The molecule has 2 aromatic rings. The van der Waals surface area contributed by atoms with Crippen molar-refractivity contribution in [2.45, 2.75) is 51.1 Å². The number of primary amides is 1. The summed E-state index contributed by atoms with van der Waals surface area (Å²) in [4.78, 5) is 35.9. The number of rotatable bonds is 11. The minimum absolute atomic E-state index is 0.00973. The van der Waals surface area contributed by atoms with E-state index in [0.29, 0.717) is 6.42 Å². The summed E-state index contributed by atoms with van der Waals surface area (Å²) < 4.78 is 0. The first kappa shape index (κ1) is 22.1. The summed E-state index contributed by atoms with van der Waals surface area (Å²) in [6.07, 6.45) is 2.06. The van der Waals surface area contributed by atoms with Gasteiger partial charge in [0.1, 0.15) is 6.04 Å². The van der Waals surface area contributed by atoms with Gasteiger partial charge < -0.3 is 16.4 Å². The highest BCUT2D eigenvalue weighted by atomic mass is 16.2. The third kappa shape index (κ3) is 8.17. The highest BCUT2D eigenvalue weighted by Crippen LogP contribution is 2.11. The van der Waals surface area contributed by atoms with Crippen LogP contribution in [0.1, 0.15) is 49.8 Å². The number of amides is 3. The van der Waals surface area contributed by atoms with Crippen LogP contribution in [-0.4, -0.2) is 23.8 Å². The third-order valence-corrected chi connectivity index (χ3v) is 4.74. The van der Waals surface area contributed by atoms with E-state index in [1.54, 1.807) is 0 Å². The van der Waals surface area contributed by atoms with Crippen molar-refractivity contribution in [3.05, 3.63) is 71.8 Å². The summed E-state index contributed by atoms with van der Waals surface area (Å²) >= 11 is 0. The van der Waals surface area contributed by atoms with Gasteiger partial charge >= 0.3 is 0 Å². The normalized spacial score (nSPS) is 12.6. The summed E-state index contributed by atoms with van der Waals surface area (Å²) in [5.41, 5.74) is 7.59. The van der Waals surface area contributed by atoms with E-state index in [1.807, 2.05) is 67.6 Å². The zero-order valence-corrected chi connectivity index (χ0v) is 16.8. The number of hydrogen-bond acceptors (Lipinski definition) is 3. The molecule has 0 aromatic heterocycles. The Labute approximate surface area is 171 Å². The van der Waals surface area contributed by atoms with Gasteiger partial charge in [-0.2, -0.15) is 0 Å². The molecule has 29 heavy (non-hydrogen) atoms. The predicted octanol–water partition coefficient (Wildman–Crippen LogP) is 2.64. The Morgan fingerprint density at radius 1 is 0.862 bits per heavy atom. The van der Waals surface area contributed by atoms with Crippen LogP contribution in [-0.2, 0) is 20.8 Å². The molecule has 0 saturated carbocycles. The van der Waals surface area contributed by atoms with E-state index in [2.05, 4.69) is 10.6 Å². The highest BCUT2D eigenvalue weighted by molar-refractivity contribution is 5.88. The van der Waals surface area contributed by atoms with Crippen LogP contribution < -0.4 is 16.4 Å². The molecule has 0 spiro atoms. The Morgan fingerprint density at radius 2 is 1.41 bits per heavy atom. The van der Waals surface area contributed by atoms with E-state index in [0.717, 1.165) is 18.4 Å². The van der Waals surface area contributed by atoms with E-state index >= 15 is 0 Å². The molecule has 2 atom stereocenters. The quantitative estimate of drug-likeness (QED) is 0.545. The van der Waals surface area contributed by atoms with Crippen molar-refractivity contribution in [3.8, 4) is 0 Å². The smallest absolute Gasteiger partial charge is 0.239 e. The maximum absolute atomic E-state index is 12.2. The maximum atomic E-state index is 12.2. The van der Waals surface area contributed by atoms with Gasteiger partial charge in [-0.05, 0) is 37.3 Å². The second-order valence-electron chi connectivity index (χ2n) is 7.10. The van der Waals surface area contributed by atoms with Crippen molar-refractivity contribution in [2.24, 2.45) is 5.73 Å². The Kier molecular flexibility index (Phi) is 8.89. The minimum Gasteiger partial charge on any atom is -0.368 e. The average Bonchev–Trinajstić information content (AvgIpc) is 2.73. The fourth-order valence-electron chi connectivity index (χ4n) is 3.07. The molecule has 3 amide bonds. The molecule has 6 nitrogen and oxygen atoms in total. The fourth-order valence-corrected chi connectivity index (χ4v) is 3.07. The molecule has 0 aliphatic carbocycles. The first-order chi connectivity index (χ1) is 14.0. The van der Waals surface area contributed by atoms with Crippen LogP contribution in [0.3, 0.4) is 0 Å². The lowest BCUT2D eigenvalue weighted by Crippen LogP contribution is -2.44. The molecule has 6 heteroatoms. The first-order valence-electron chi connectivity index (χ1n) is 9.92. The topological polar surface area (TPSA) is 101 Å². The molecular weight excluding hydrogens is 366 g/mol. The molecule has 154 valence electrons. The van der Waals surface area contributed by atoms with E-state index in [9.17, 15) is 14.4 Å². The summed E-state index contributed by atoms with van der Waals surface area (Å²) in [7, 11) is 0. The summed E-state index contributed by atoms with van der Waals surface area (Å²) in [6.45, 7) is 1.89. The van der Waals surface area contributed by atoms with Crippen LogP contribution in [0, 0.1) is 0 Å². The monoisotopic (exact) mass is 395 g/mol. The molecule has 0 bridgehead atoms. The second-order valence-corrected chi connectivity index (χ2v) is 7.10. The first-order valence-corrected chi connectivity index (χ1v) is 9.92. The molecule has 0 heterocycles. The molecule has 2 rings (SSSR count). The minimum atomic E-state index is -0.725.